The Morgan fingerprint density at radius 1 is 1.40 bits per heavy atom. The van der Waals surface area contributed by atoms with Gasteiger partial charge in [0.05, 0.1) is 0 Å². The molecule has 1 N–H and O–H groups in total. The first kappa shape index (κ1) is 12.8. The van der Waals surface area contributed by atoms with Gasteiger partial charge >= 0.3 is 0 Å². The second-order valence-corrected chi connectivity index (χ2v) is 5.49. The fraction of sp³-hybridized carbons (Fsp3) is 0.400. The van der Waals surface area contributed by atoms with Crippen LogP contribution in [0.3, 0.4) is 0 Å². The van der Waals surface area contributed by atoms with E-state index >= 15 is 0 Å². The number of carbonyl (C=O) groups is 1. The maximum Gasteiger partial charge on any atom is 0.270 e. The molecule has 5 nitrogen and oxygen atoms in total. The number of fused-ring (bicyclic) bond motifs is 1. The van der Waals surface area contributed by atoms with E-state index in [-0.39, 0.29) is 23.1 Å². The molecule has 2 aromatic rings. The van der Waals surface area contributed by atoms with Gasteiger partial charge in [-0.15, -0.1) is 0 Å². The quantitative estimate of drug-likeness (QED) is 0.902. The van der Waals surface area contributed by atoms with E-state index in [0.29, 0.717) is 11.6 Å². The van der Waals surface area contributed by atoms with E-state index in [4.69, 9.17) is 0 Å². The van der Waals surface area contributed by atoms with Crippen molar-refractivity contribution in [1.29, 1.82) is 0 Å². The Bertz CT molecular complexity index is 708. The standard InChI is InChI=1S/C15H17N3O2/c1-10-5-6-11(8-10)17-14(19)12-9-16-13-4-2-3-7-18(13)15(12)20/h2-4,7,9-11H,5-6,8H2,1H3,(H,17,19). The van der Waals surface area contributed by atoms with Crippen molar-refractivity contribution in [3.63, 3.8) is 0 Å². The molecule has 1 fully saturated rings. The molecule has 104 valence electrons. The Morgan fingerprint density at radius 2 is 2.25 bits per heavy atom. The van der Waals surface area contributed by atoms with Crippen LogP contribution in [0.15, 0.2) is 35.4 Å². The van der Waals surface area contributed by atoms with E-state index < -0.39 is 0 Å². The number of amides is 1. The first-order valence-electron chi connectivity index (χ1n) is 6.92. The zero-order chi connectivity index (χ0) is 14.1. The summed E-state index contributed by atoms with van der Waals surface area (Å²) in [6, 6.07) is 5.47. The van der Waals surface area contributed by atoms with Crippen molar-refractivity contribution in [1.82, 2.24) is 14.7 Å². The number of rotatable bonds is 2. The molecule has 0 bridgehead atoms. The molecule has 3 rings (SSSR count). The summed E-state index contributed by atoms with van der Waals surface area (Å²) in [7, 11) is 0. The lowest BCUT2D eigenvalue weighted by molar-refractivity contribution is 0.0935. The van der Waals surface area contributed by atoms with Crippen molar-refractivity contribution >= 4 is 11.6 Å². The van der Waals surface area contributed by atoms with Crippen molar-refractivity contribution in [2.24, 2.45) is 5.92 Å². The molecule has 0 saturated heterocycles. The Balaban J connectivity index is 1.88. The minimum atomic E-state index is -0.320. The number of pyridine rings is 1. The Morgan fingerprint density at radius 3 is 3.00 bits per heavy atom. The van der Waals surface area contributed by atoms with E-state index in [1.165, 1.54) is 10.6 Å². The SMILES string of the molecule is CC1CCC(NC(=O)c2cnc3ccccn3c2=O)C1. The van der Waals surface area contributed by atoms with Gasteiger partial charge < -0.3 is 5.32 Å². The summed E-state index contributed by atoms with van der Waals surface area (Å²) in [5.74, 6) is 0.316. The van der Waals surface area contributed by atoms with Gasteiger partial charge in [-0.1, -0.05) is 13.0 Å². The molecule has 0 aliphatic heterocycles. The fourth-order valence-corrected chi connectivity index (χ4v) is 2.78. The maximum absolute atomic E-state index is 12.3. The summed E-state index contributed by atoms with van der Waals surface area (Å²) in [5, 5.41) is 2.94. The highest BCUT2D eigenvalue weighted by Gasteiger charge is 2.24. The maximum atomic E-state index is 12.3. The van der Waals surface area contributed by atoms with Crippen molar-refractivity contribution in [3.05, 3.63) is 46.5 Å². The first-order valence-corrected chi connectivity index (χ1v) is 6.92. The molecule has 20 heavy (non-hydrogen) atoms. The van der Waals surface area contributed by atoms with Gasteiger partial charge in [0.15, 0.2) is 0 Å². The number of aromatic nitrogens is 2. The minimum Gasteiger partial charge on any atom is -0.349 e. The molecule has 2 atom stereocenters. The Kier molecular flexibility index (Phi) is 3.26. The highest BCUT2D eigenvalue weighted by atomic mass is 16.2. The lowest BCUT2D eigenvalue weighted by Crippen LogP contribution is -2.37. The molecule has 2 aromatic heterocycles. The van der Waals surface area contributed by atoms with Crippen LogP contribution in [0.1, 0.15) is 36.5 Å². The topological polar surface area (TPSA) is 63.5 Å². The third kappa shape index (κ3) is 2.31. The predicted octanol–water partition coefficient (Wildman–Crippen LogP) is 1.61. The fourth-order valence-electron chi connectivity index (χ4n) is 2.78. The number of nitrogens with zero attached hydrogens (tertiary/aromatic N) is 2. The molecule has 0 spiro atoms. The van der Waals surface area contributed by atoms with Crippen molar-refractivity contribution < 1.29 is 4.79 Å². The van der Waals surface area contributed by atoms with E-state index in [9.17, 15) is 9.59 Å². The molecule has 5 heteroatoms. The summed E-state index contributed by atoms with van der Waals surface area (Å²) in [4.78, 5) is 28.6. The van der Waals surface area contributed by atoms with Gasteiger partial charge in [-0.05, 0) is 37.3 Å². The minimum absolute atomic E-state index is 0.105. The summed E-state index contributed by atoms with van der Waals surface area (Å²) in [5.41, 5.74) is 0.330. The molecule has 1 saturated carbocycles. The number of hydrogen-bond donors (Lipinski definition) is 1. The average molecular weight is 271 g/mol. The lowest BCUT2D eigenvalue weighted by atomic mass is 10.1. The summed E-state index contributed by atoms with van der Waals surface area (Å²) >= 11 is 0. The molecular weight excluding hydrogens is 254 g/mol. The number of nitrogens with one attached hydrogen (secondary N) is 1. The van der Waals surface area contributed by atoms with Crippen molar-refractivity contribution in [2.75, 3.05) is 0 Å². The molecule has 1 aliphatic rings. The highest BCUT2D eigenvalue weighted by molar-refractivity contribution is 5.93. The second-order valence-electron chi connectivity index (χ2n) is 5.49. The van der Waals surface area contributed by atoms with Crippen LogP contribution in [0.25, 0.3) is 5.65 Å². The Labute approximate surface area is 116 Å². The van der Waals surface area contributed by atoms with E-state index in [1.54, 1.807) is 24.4 Å². The van der Waals surface area contributed by atoms with Gasteiger partial charge in [0, 0.05) is 18.4 Å². The largest absolute Gasteiger partial charge is 0.349 e. The molecule has 2 heterocycles. The summed E-state index contributed by atoms with van der Waals surface area (Å²) in [6.07, 6.45) is 6.08. The second kappa shape index (κ2) is 5.07. The number of hydrogen-bond acceptors (Lipinski definition) is 3. The van der Waals surface area contributed by atoms with Gasteiger partial charge in [-0.3, -0.25) is 14.0 Å². The molecule has 0 radical (unpaired) electrons. The first-order chi connectivity index (χ1) is 9.65. The van der Waals surface area contributed by atoms with Crippen LogP contribution in [0.5, 0.6) is 0 Å². The average Bonchev–Trinajstić information content (AvgIpc) is 2.84. The number of carbonyl (C=O) groups excluding carboxylic acids is 1. The van der Waals surface area contributed by atoms with E-state index in [2.05, 4.69) is 17.2 Å². The molecule has 1 aliphatic carbocycles. The third-order valence-corrected chi connectivity index (χ3v) is 3.89. The van der Waals surface area contributed by atoms with Crippen molar-refractivity contribution in [2.45, 2.75) is 32.2 Å². The van der Waals surface area contributed by atoms with Gasteiger partial charge in [-0.2, -0.15) is 0 Å². The van der Waals surface area contributed by atoms with Crippen LogP contribution in [0.4, 0.5) is 0 Å². The summed E-state index contributed by atoms with van der Waals surface area (Å²) in [6.45, 7) is 2.18. The smallest absolute Gasteiger partial charge is 0.270 e. The van der Waals surface area contributed by atoms with E-state index in [1.807, 2.05) is 0 Å². The van der Waals surface area contributed by atoms with Crippen LogP contribution >= 0.6 is 0 Å². The van der Waals surface area contributed by atoms with E-state index in [0.717, 1.165) is 19.3 Å². The van der Waals surface area contributed by atoms with Crippen LogP contribution in [-0.2, 0) is 0 Å². The molecule has 0 aromatic carbocycles. The zero-order valence-electron chi connectivity index (χ0n) is 11.4. The highest BCUT2D eigenvalue weighted by Crippen LogP contribution is 2.24. The monoisotopic (exact) mass is 271 g/mol. The zero-order valence-corrected chi connectivity index (χ0v) is 11.4. The summed E-state index contributed by atoms with van der Waals surface area (Å²) < 4.78 is 1.40. The Hall–Kier alpha value is -2.17. The van der Waals surface area contributed by atoms with Gasteiger partial charge in [-0.25, -0.2) is 4.98 Å². The third-order valence-electron chi connectivity index (χ3n) is 3.89. The predicted molar refractivity (Wildman–Crippen MR) is 75.7 cm³/mol. The van der Waals surface area contributed by atoms with Crippen LogP contribution in [0.2, 0.25) is 0 Å². The molecular formula is C15H17N3O2. The van der Waals surface area contributed by atoms with Crippen LogP contribution in [0, 0.1) is 5.92 Å². The van der Waals surface area contributed by atoms with Crippen LogP contribution < -0.4 is 10.9 Å². The van der Waals surface area contributed by atoms with Gasteiger partial charge in [0.1, 0.15) is 11.2 Å². The van der Waals surface area contributed by atoms with Crippen molar-refractivity contribution in [3.8, 4) is 0 Å². The van der Waals surface area contributed by atoms with Gasteiger partial charge in [0.2, 0.25) is 0 Å². The molecule has 1 amide bonds. The molecule has 2 unspecified atom stereocenters. The van der Waals surface area contributed by atoms with Crippen LogP contribution in [-0.4, -0.2) is 21.3 Å². The van der Waals surface area contributed by atoms with Gasteiger partial charge in [0.25, 0.3) is 11.5 Å². The normalized spacial score (nSPS) is 22.1. The lowest BCUT2D eigenvalue weighted by Gasteiger charge is -2.12.